The highest BCUT2D eigenvalue weighted by Crippen LogP contribution is 2.28. The highest BCUT2D eigenvalue weighted by Gasteiger charge is 2.40. The zero-order chi connectivity index (χ0) is 12.4. The van der Waals surface area contributed by atoms with E-state index in [2.05, 4.69) is 29.1 Å². The average Bonchev–Trinajstić information content (AvgIpc) is 2.77. The van der Waals surface area contributed by atoms with E-state index in [0.717, 1.165) is 13.1 Å². The van der Waals surface area contributed by atoms with Gasteiger partial charge in [-0.3, -0.25) is 9.69 Å². The zero-order valence-electron chi connectivity index (χ0n) is 11.3. The van der Waals surface area contributed by atoms with E-state index in [4.69, 9.17) is 0 Å². The fourth-order valence-electron chi connectivity index (χ4n) is 3.37. The maximum absolute atomic E-state index is 12.6. The van der Waals surface area contributed by atoms with Gasteiger partial charge >= 0.3 is 0 Å². The molecule has 2 rings (SSSR count). The SMILES string of the molecule is CNCC1C(=O)N(C2CCCC2)C(C)CN1C. The Hall–Kier alpha value is -0.610. The van der Waals surface area contributed by atoms with Crippen LogP contribution in [0.2, 0.25) is 0 Å². The summed E-state index contributed by atoms with van der Waals surface area (Å²) in [5.74, 6) is 0.326. The van der Waals surface area contributed by atoms with E-state index >= 15 is 0 Å². The average molecular weight is 239 g/mol. The van der Waals surface area contributed by atoms with E-state index in [-0.39, 0.29) is 6.04 Å². The third kappa shape index (κ3) is 2.47. The van der Waals surface area contributed by atoms with Crippen LogP contribution < -0.4 is 5.32 Å². The van der Waals surface area contributed by atoms with Gasteiger partial charge in [0.2, 0.25) is 5.91 Å². The minimum absolute atomic E-state index is 0.0248. The van der Waals surface area contributed by atoms with Gasteiger partial charge < -0.3 is 10.2 Å². The molecule has 2 atom stereocenters. The quantitative estimate of drug-likeness (QED) is 0.786. The molecular formula is C13H25N3O. The molecule has 1 saturated carbocycles. The van der Waals surface area contributed by atoms with E-state index in [1.165, 1.54) is 25.7 Å². The second-order valence-corrected chi connectivity index (χ2v) is 5.55. The lowest BCUT2D eigenvalue weighted by Crippen LogP contribution is -2.64. The second-order valence-electron chi connectivity index (χ2n) is 5.55. The largest absolute Gasteiger partial charge is 0.334 e. The molecule has 2 fully saturated rings. The van der Waals surface area contributed by atoms with Gasteiger partial charge in [-0.15, -0.1) is 0 Å². The Kier molecular flexibility index (Phi) is 4.05. The van der Waals surface area contributed by atoms with Crippen LogP contribution in [0.5, 0.6) is 0 Å². The first kappa shape index (κ1) is 12.8. The van der Waals surface area contributed by atoms with E-state index in [1.54, 1.807) is 0 Å². The van der Waals surface area contributed by atoms with Crippen LogP contribution >= 0.6 is 0 Å². The molecule has 0 aromatic heterocycles. The summed E-state index contributed by atoms with van der Waals surface area (Å²) < 4.78 is 0. The first-order valence-corrected chi connectivity index (χ1v) is 6.82. The Morgan fingerprint density at radius 2 is 2.00 bits per heavy atom. The van der Waals surface area contributed by atoms with Crippen molar-refractivity contribution in [2.75, 3.05) is 27.2 Å². The summed E-state index contributed by atoms with van der Waals surface area (Å²) in [5, 5.41) is 3.14. The van der Waals surface area contributed by atoms with Crippen molar-refractivity contribution in [1.29, 1.82) is 0 Å². The number of amides is 1. The Morgan fingerprint density at radius 3 is 2.59 bits per heavy atom. The molecule has 0 bridgehead atoms. The number of piperazine rings is 1. The van der Waals surface area contributed by atoms with E-state index in [0.29, 0.717) is 18.0 Å². The molecular weight excluding hydrogens is 214 g/mol. The summed E-state index contributed by atoms with van der Waals surface area (Å²) in [6, 6.07) is 0.895. The fourth-order valence-corrected chi connectivity index (χ4v) is 3.37. The molecule has 1 saturated heterocycles. The topological polar surface area (TPSA) is 35.6 Å². The highest BCUT2D eigenvalue weighted by atomic mass is 16.2. The van der Waals surface area contributed by atoms with Gasteiger partial charge in [0.15, 0.2) is 0 Å². The predicted octanol–water partition coefficient (Wildman–Crippen LogP) is 0.680. The molecule has 0 aromatic carbocycles. The summed E-state index contributed by atoms with van der Waals surface area (Å²) in [4.78, 5) is 16.9. The number of hydrogen-bond donors (Lipinski definition) is 1. The van der Waals surface area contributed by atoms with Crippen molar-refractivity contribution in [3.8, 4) is 0 Å². The van der Waals surface area contributed by atoms with Gasteiger partial charge in [-0.2, -0.15) is 0 Å². The Morgan fingerprint density at radius 1 is 1.35 bits per heavy atom. The van der Waals surface area contributed by atoms with Gasteiger partial charge in [0.25, 0.3) is 0 Å². The molecule has 2 aliphatic rings. The molecule has 1 heterocycles. The number of likely N-dealkylation sites (N-methyl/N-ethyl adjacent to an activating group) is 2. The molecule has 0 aromatic rings. The van der Waals surface area contributed by atoms with Gasteiger partial charge in [-0.25, -0.2) is 0 Å². The van der Waals surface area contributed by atoms with Crippen molar-refractivity contribution < 1.29 is 4.79 Å². The number of rotatable bonds is 3. The van der Waals surface area contributed by atoms with Crippen LogP contribution in [-0.2, 0) is 4.79 Å². The lowest BCUT2D eigenvalue weighted by atomic mass is 10.0. The van der Waals surface area contributed by atoms with Crippen LogP contribution in [0.4, 0.5) is 0 Å². The number of carbonyl (C=O) groups excluding carboxylic acids is 1. The van der Waals surface area contributed by atoms with Gasteiger partial charge in [0.05, 0.1) is 0 Å². The van der Waals surface area contributed by atoms with Crippen LogP contribution in [0.3, 0.4) is 0 Å². The summed E-state index contributed by atoms with van der Waals surface area (Å²) in [5.41, 5.74) is 0. The van der Waals surface area contributed by atoms with Gasteiger partial charge in [-0.05, 0) is 33.9 Å². The predicted molar refractivity (Wildman–Crippen MR) is 68.9 cm³/mol. The zero-order valence-corrected chi connectivity index (χ0v) is 11.3. The summed E-state index contributed by atoms with van der Waals surface area (Å²) in [7, 11) is 3.97. The second kappa shape index (κ2) is 5.36. The molecule has 4 nitrogen and oxygen atoms in total. The molecule has 0 radical (unpaired) electrons. The maximum atomic E-state index is 12.6. The Labute approximate surface area is 104 Å². The van der Waals surface area contributed by atoms with Crippen molar-refractivity contribution >= 4 is 5.91 Å². The summed E-state index contributed by atoms with van der Waals surface area (Å²) in [6.07, 6.45) is 4.97. The van der Waals surface area contributed by atoms with Crippen LogP contribution in [0.15, 0.2) is 0 Å². The minimum Gasteiger partial charge on any atom is -0.334 e. The summed E-state index contributed by atoms with van der Waals surface area (Å²) in [6.45, 7) is 3.93. The molecule has 1 aliphatic carbocycles. The first-order valence-electron chi connectivity index (χ1n) is 6.82. The van der Waals surface area contributed by atoms with Crippen molar-refractivity contribution in [3.05, 3.63) is 0 Å². The molecule has 0 spiro atoms. The van der Waals surface area contributed by atoms with Crippen LogP contribution in [0.1, 0.15) is 32.6 Å². The monoisotopic (exact) mass is 239 g/mol. The third-order valence-corrected chi connectivity index (χ3v) is 4.21. The number of nitrogens with one attached hydrogen (secondary N) is 1. The van der Waals surface area contributed by atoms with Crippen molar-refractivity contribution in [2.24, 2.45) is 0 Å². The highest BCUT2D eigenvalue weighted by molar-refractivity contribution is 5.83. The molecule has 2 unspecified atom stereocenters. The number of nitrogens with zero attached hydrogens (tertiary/aromatic N) is 2. The van der Waals surface area contributed by atoms with Gasteiger partial charge in [0.1, 0.15) is 6.04 Å². The molecule has 1 aliphatic heterocycles. The smallest absolute Gasteiger partial charge is 0.241 e. The van der Waals surface area contributed by atoms with Crippen LogP contribution in [-0.4, -0.2) is 61.0 Å². The molecule has 4 heteroatoms. The normalized spacial score (nSPS) is 32.4. The maximum Gasteiger partial charge on any atom is 0.241 e. The van der Waals surface area contributed by atoms with Crippen molar-refractivity contribution in [3.63, 3.8) is 0 Å². The van der Waals surface area contributed by atoms with Gasteiger partial charge in [0, 0.05) is 25.2 Å². The minimum atomic E-state index is 0.0248. The van der Waals surface area contributed by atoms with Crippen molar-refractivity contribution in [1.82, 2.24) is 15.1 Å². The molecule has 17 heavy (non-hydrogen) atoms. The van der Waals surface area contributed by atoms with E-state index in [1.807, 2.05) is 7.05 Å². The van der Waals surface area contributed by atoms with Gasteiger partial charge in [-0.1, -0.05) is 12.8 Å². The van der Waals surface area contributed by atoms with Crippen molar-refractivity contribution in [2.45, 2.75) is 50.7 Å². The Balaban J connectivity index is 2.10. The summed E-state index contributed by atoms with van der Waals surface area (Å²) >= 11 is 0. The third-order valence-electron chi connectivity index (χ3n) is 4.21. The van der Waals surface area contributed by atoms with Crippen LogP contribution in [0.25, 0.3) is 0 Å². The first-order chi connectivity index (χ1) is 8.15. The lowest BCUT2D eigenvalue weighted by Gasteiger charge is -2.45. The lowest BCUT2D eigenvalue weighted by molar-refractivity contribution is -0.147. The Bertz CT molecular complexity index is 276. The number of carbonyl (C=O) groups is 1. The van der Waals surface area contributed by atoms with E-state index < -0.39 is 0 Å². The van der Waals surface area contributed by atoms with E-state index in [9.17, 15) is 4.79 Å². The molecule has 98 valence electrons. The fraction of sp³-hybridized carbons (Fsp3) is 0.923. The standard InChI is InChI=1S/C13H25N3O/c1-10-9-15(3)12(8-14-2)13(17)16(10)11-6-4-5-7-11/h10-12,14H,4-9H2,1-3H3. The van der Waals surface area contributed by atoms with Crippen LogP contribution in [0, 0.1) is 0 Å². The molecule has 1 N–H and O–H groups in total. The number of hydrogen-bond acceptors (Lipinski definition) is 3. The molecule has 1 amide bonds.